The molecule has 1 fully saturated rings. The summed E-state index contributed by atoms with van der Waals surface area (Å²) < 4.78 is 26.1. The van der Waals surface area contributed by atoms with Crippen LogP contribution in [0.3, 0.4) is 0 Å². The van der Waals surface area contributed by atoms with Crippen molar-refractivity contribution in [3.63, 3.8) is 0 Å². The second kappa shape index (κ2) is 7.63. The van der Waals surface area contributed by atoms with E-state index in [1.165, 1.54) is 18.2 Å². The van der Waals surface area contributed by atoms with E-state index < -0.39 is 23.7 Å². The fraction of sp³-hybridized carbons (Fsp3) is 0.125. The molecule has 0 unspecified atom stereocenters. The number of ether oxygens (including phenoxy) is 2. The number of hydrogen-bond donors (Lipinski definition) is 1. The second-order valence-electron chi connectivity index (χ2n) is 7.63. The SMILES string of the molecule is Cc1cc(C=C2C(=O)NC(=O)N(c3ccc(F)cc3)C2=O)c(C)n1-c1ccc2c(c1)OCO2. The van der Waals surface area contributed by atoms with Crippen molar-refractivity contribution in [2.24, 2.45) is 0 Å². The van der Waals surface area contributed by atoms with E-state index in [4.69, 9.17) is 9.47 Å². The molecule has 2 aliphatic rings. The maximum atomic E-state index is 13.3. The quantitative estimate of drug-likeness (QED) is 0.489. The summed E-state index contributed by atoms with van der Waals surface area (Å²) in [5, 5.41) is 2.17. The number of fused-ring (bicyclic) bond motifs is 1. The summed E-state index contributed by atoms with van der Waals surface area (Å²) in [6.07, 6.45) is 1.45. The van der Waals surface area contributed by atoms with Gasteiger partial charge in [-0.2, -0.15) is 0 Å². The smallest absolute Gasteiger partial charge is 0.335 e. The third kappa shape index (κ3) is 3.43. The molecule has 3 heterocycles. The first kappa shape index (κ1) is 20.5. The second-order valence-corrected chi connectivity index (χ2v) is 7.63. The lowest BCUT2D eigenvalue weighted by Gasteiger charge is -2.26. The van der Waals surface area contributed by atoms with E-state index in [-0.39, 0.29) is 18.1 Å². The van der Waals surface area contributed by atoms with Crippen molar-refractivity contribution in [2.75, 3.05) is 11.7 Å². The van der Waals surface area contributed by atoms with Gasteiger partial charge in [-0.3, -0.25) is 14.9 Å². The molecule has 8 nitrogen and oxygen atoms in total. The average Bonchev–Trinajstić information content (AvgIpc) is 3.35. The molecule has 2 aromatic carbocycles. The van der Waals surface area contributed by atoms with Gasteiger partial charge in [0.25, 0.3) is 11.8 Å². The lowest BCUT2D eigenvalue weighted by atomic mass is 10.1. The fourth-order valence-electron chi connectivity index (χ4n) is 3.99. The van der Waals surface area contributed by atoms with E-state index in [0.29, 0.717) is 17.1 Å². The number of nitrogens with zero attached hydrogens (tertiary/aromatic N) is 2. The molecule has 5 rings (SSSR count). The third-order valence-corrected chi connectivity index (χ3v) is 5.57. The first-order valence-electron chi connectivity index (χ1n) is 10.1. The number of amides is 4. The fourth-order valence-corrected chi connectivity index (χ4v) is 3.99. The molecule has 33 heavy (non-hydrogen) atoms. The van der Waals surface area contributed by atoms with E-state index in [9.17, 15) is 18.8 Å². The number of hydrogen-bond acceptors (Lipinski definition) is 5. The summed E-state index contributed by atoms with van der Waals surface area (Å²) in [6.45, 7) is 3.93. The Morgan fingerprint density at radius 3 is 2.39 bits per heavy atom. The summed E-state index contributed by atoms with van der Waals surface area (Å²) in [4.78, 5) is 38.7. The zero-order valence-corrected chi connectivity index (χ0v) is 17.7. The summed E-state index contributed by atoms with van der Waals surface area (Å²) in [6, 6.07) is 11.4. The summed E-state index contributed by atoms with van der Waals surface area (Å²) in [5.41, 5.74) is 3.07. The Morgan fingerprint density at radius 1 is 0.939 bits per heavy atom. The Bertz CT molecular complexity index is 1360. The molecular weight excluding hydrogens is 429 g/mol. The average molecular weight is 447 g/mol. The van der Waals surface area contributed by atoms with Crippen LogP contribution in [0.5, 0.6) is 11.5 Å². The van der Waals surface area contributed by atoms with Gasteiger partial charge in [-0.25, -0.2) is 14.1 Å². The van der Waals surface area contributed by atoms with Crippen LogP contribution in [0.4, 0.5) is 14.9 Å². The van der Waals surface area contributed by atoms with Crippen molar-refractivity contribution in [1.82, 2.24) is 9.88 Å². The predicted octanol–water partition coefficient (Wildman–Crippen LogP) is 3.63. The van der Waals surface area contributed by atoms with Crippen molar-refractivity contribution in [3.8, 4) is 17.2 Å². The van der Waals surface area contributed by atoms with Crippen LogP contribution >= 0.6 is 0 Å². The lowest BCUT2D eigenvalue weighted by Crippen LogP contribution is -2.54. The number of anilines is 1. The minimum Gasteiger partial charge on any atom is -0.454 e. The molecule has 1 aromatic heterocycles. The van der Waals surface area contributed by atoms with Crippen LogP contribution in [0.15, 0.2) is 54.1 Å². The number of benzene rings is 2. The largest absolute Gasteiger partial charge is 0.454 e. The van der Waals surface area contributed by atoms with Crippen LogP contribution in [0, 0.1) is 19.7 Å². The van der Waals surface area contributed by atoms with Crippen molar-refractivity contribution in [3.05, 3.63) is 76.9 Å². The van der Waals surface area contributed by atoms with Gasteiger partial charge < -0.3 is 14.0 Å². The third-order valence-electron chi connectivity index (χ3n) is 5.57. The standard InChI is InChI=1S/C24H18FN3O5/c1-13-9-15(14(2)27(13)18-7-8-20-21(11-18)33-12-32-20)10-19-22(29)26-24(31)28(23(19)30)17-5-3-16(25)4-6-17/h3-11H,12H2,1-2H3,(H,26,29,31). The van der Waals surface area contributed by atoms with Crippen LogP contribution in [-0.2, 0) is 9.59 Å². The summed E-state index contributed by atoms with van der Waals surface area (Å²) in [7, 11) is 0. The number of barbiturate groups is 1. The highest BCUT2D eigenvalue weighted by Gasteiger charge is 2.37. The first-order valence-corrected chi connectivity index (χ1v) is 10.1. The molecule has 2 aliphatic heterocycles. The van der Waals surface area contributed by atoms with Gasteiger partial charge >= 0.3 is 6.03 Å². The molecule has 0 bridgehead atoms. The monoisotopic (exact) mass is 447 g/mol. The topological polar surface area (TPSA) is 89.9 Å². The van der Waals surface area contributed by atoms with Crippen molar-refractivity contribution in [2.45, 2.75) is 13.8 Å². The van der Waals surface area contributed by atoms with Crippen molar-refractivity contribution in [1.29, 1.82) is 0 Å². The maximum Gasteiger partial charge on any atom is 0.335 e. The molecule has 0 atom stereocenters. The number of nitrogens with one attached hydrogen (secondary N) is 1. The number of carbonyl (C=O) groups is 3. The first-order chi connectivity index (χ1) is 15.8. The Hall–Kier alpha value is -4.40. The normalized spacial score (nSPS) is 16.5. The number of imide groups is 2. The maximum absolute atomic E-state index is 13.3. The van der Waals surface area contributed by atoms with Crippen molar-refractivity contribution >= 4 is 29.6 Å². The minimum absolute atomic E-state index is 0.156. The Labute approximate surface area is 187 Å². The van der Waals surface area contributed by atoms with Gasteiger partial charge in [0.1, 0.15) is 11.4 Å². The highest BCUT2D eigenvalue weighted by Crippen LogP contribution is 2.35. The van der Waals surface area contributed by atoms with Crippen LogP contribution in [0.1, 0.15) is 17.0 Å². The van der Waals surface area contributed by atoms with Gasteiger partial charge in [-0.05, 0) is 68.0 Å². The van der Waals surface area contributed by atoms with E-state index in [1.54, 1.807) is 0 Å². The Balaban J connectivity index is 1.54. The van der Waals surface area contributed by atoms with Gasteiger partial charge in [-0.1, -0.05) is 0 Å². The van der Waals surface area contributed by atoms with E-state index >= 15 is 0 Å². The summed E-state index contributed by atoms with van der Waals surface area (Å²) >= 11 is 0. The van der Waals surface area contributed by atoms with Gasteiger partial charge in [0.05, 0.1) is 5.69 Å². The van der Waals surface area contributed by atoms with Gasteiger partial charge in [0.2, 0.25) is 6.79 Å². The van der Waals surface area contributed by atoms with Crippen LogP contribution in [-0.4, -0.2) is 29.2 Å². The molecule has 166 valence electrons. The Morgan fingerprint density at radius 2 is 1.64 bits per heavy atom. The molecule has 0 spiro atoms. The molecule has 4 amide bonds. The summed E-state index contributed by atoms with van der Waals surface area (Å²) in [5.74, 6) is -0.792. The number of halogens is 1. The number of aryl methyl sites for hydroxylation is 1. The molecule has 0 radical (unpaired) electrons. The molecule has 9 heteroatoms. The molecular formula is C24H18FN3O5. The number of urea groups is 1. The highest BCUT2D eigenvalue weighted by atomic mass is 19.1. The molecule has 1 saturated heterocycles. The van der Waals surface area contributed by atoms with Crippen molar-refractivity contribution < 1.29 is 28.2 Å². The molecule has 3 aromatic rings. The van der Waals surface area contributed by atoms with Gasteiger partial charge in [0.15, 0.2) is 11.5 Å². The van der Waals surface area contributed by atoms with Gasteiger partial charge in [-0.15, -0.1) is 0 Å². The van der Waals surface area contributed by atoms with Gasteiger partial charge in [0, 0.05) is 23.1 Å². The Kier molecular flexibility index (Phi) is 4.74. The molecule has 1 N–H and O–H groups in total. The van der Waals surface area contributed by atoms with E-state index in [0.717, 1.165) is 34.1 Å². The zero-order valence-electron chi connectivity index (χ0n) is 17.7. The van der Waals surface area contributed by atoms with E-state index in [2.05, 4.69) is 5.32 Å². The molecule has 0 saturated carbocycles. The lowest BCUT2D eigenvalue weighted by molar-refractivity contribution is -0.122. The zero-order chi connectivity index (χ0) is 23.3. The van der Waals surface area contributed by atoms with E-state index in [1.807, 2.05) is 42.7 Å². The minimum atomic E-state index is -0.889. The number of aromatic nitrogens is 1. The number of rotatable bonds is 3. The highest BCUT2D eigenvalue weighted by molar-refractivity contribution is 6.39. The van der Waals surface area contributed by atoms with Crippen LogP contribution in [0.2, 0.25) is 0 Å². The van der Waals surface area contributed by atoms with Crippen LogP contribution in [0.25, 0.3) is 11.8 Å². The van der Waals surface area contributed by atoms with Crippen LogP contribution < -0.4 is 19.7 Å². The number of carbonyl (C=O) groups excluding carboxylic acids is 3. The predicted molar refractivity (Wildman–Crippen MR) is 117 cm³/mol. The molecule has 0 aliphatic carbocycles.